The van der Waals surface area contributed by atoms with Crippen molar-refractivity contribution in [2.45, 2.75) is 78.0 Å². The summed E-state index contributed by atoms with van der Waals surface area (Å²) >= 11 is 6.24. The fourth-order valence-corrected chi connectivity index (χ4v) is 10.4. The van der Waals surface area contributed by atoms with Gasteiger partial charge in [0.2, 0.25) is 5.91 Å². The van der Waals surface area contributed by atoms with Crippen molar-refractivity contribution in [1.29, 1.82) is 5.26 Å². The van der Waals surface area contributed by atoms with Gasteiger partial charge in [-0.1, -0.05) is 45.4 Å². The van der Waals surface area contributed by atoms with E-state index in [2.05, 4.69) is 31.2 Å². The predicted octanol–water partition coefficient (Wildman–Crippen LogP) is 7.31. The Labute approximate surface area is 343 Å². The zero-order valence-corrected chi connectivity index (χ0v) is 34.2. The summed E-state index contributed by atoms with van der Waals surface area (Å²) in [5, 5.41) is 20.8. The molecule has 3 aliphatic heterocycles. The average Bonchev–Trinajstić information content (AvgIpc) is 3.64. The molecule has 1 saturated carbocycles. The highest BCUT2D eigenvalue weighted by Crippen LogP contribution is 2.55. The zero-order valence-electron chi connectivity index (χ0n) is 33.4. The van der Waals surface area contributed by atoms with Gasteiger partial charge in [0.25, 0.3) is 5.91 Å². The van der Waals surface area contributed by atoms with Gasteiger partial charge in [0.1, 0.15) is 23.7 Å². The SMILES string of the molecule is CC1(C)C(NC(=O)c2ccc(N3CCC(CN4CCC(n5ncc6c(N7CCC(=O)NC7=O)cccc65)CC4)CC3)c(F)c2)C(C)(C)C1Oc1ccc(C#N)c(Cl)c1. The number of hydrogen-bond donors (Lipinski definition) is 2. The maximum atomic E-state index is 15.7. The molecule has 4 aliphatic rings. The number of aromatic nitrogens is 2. The normalized spacial score (nSPS) is 22.6. The maximum absolute atomic E-state index is 15.7. The summed E-state index contributed by atoms with van der Waals surface area (Å²) in [6.45, 7) is 13.0. The van der Waals surface area contributed by atoms with Crippen molar-refractivity contribution in [3.63, 3.8) is 0 Å². The summed E-state index contributed by atoms with van der Waals surface area (Å²) in [7, 11) is 0. The van der Waals surface area contributed by atoms with Crippen molar-refractivity contribution in [3.05, 3.63) is 82.8 Å². The quantitative estimate of drug-likeness (QED) is 0.180. The highest BCUT2D eigenvalue weighted by Gasteiger charge is 2.64. The lowest BCUT2D eigenvalue weighted by molar-refractivity contribution is -0.164. The third-order valence-corrected chi connectivity index (χ3v) is 13.3. The Morgan fingerprint density at radius 1 is 0.983 bits per heavy atom. The van der Waals surface area contributed by atoms with Crippen LogP contribution in [0.15, 0.2) is 60.8 Å². The number of carbonyl (C=O) groups excluding carboxylic acids is 3. The predicted molar refractivity (Wildman–Crippen MR) is 221 cm³/mol. The number of carbonyl (C=O) groups is 3. The third kappa shape index (κ3) is 7.37. The molecule has 1 aromatic heterocycles. The summed E-state index contributed by atoms with van der Waals surface area (Å²) < 4.78 is 24.1. The van der Waals surface area contributed by atoms with Gasteiger partial charge in [0, 0.05) is 79.6 Å². The zero-order chi connectivity index (χ0) is 40.9. The first kappa shape index (κ1) is 39.6. The number of nitrogens with one attached hydrogen (secondary N) is 2. The minimum absolute atomic E-state index is 0.234. The molecule has 1 aliphatic carbocycles. The molecular formula is C44H50ClFN8O4. The molecule has 58 heavy (non-hydrogen) atoms. The van der Waals surface area contributed by atoms with Crippen LogP contribution in [-0.2, 0) is 4.79 Å². The van der Waals surface area contributed by atoms with Crippen molar-refractivity contribution >= 4 is 51.7 Å². The van der Waals surface area contributed by atoms with Gasteiger partial charge in [0.05, 0.1) is 39.7 Å². The Balaban J connectivity index is 0.816. The molecule has 12 nitrogen and oxygen atoms in total. The Kier molecular flexibility index (Phi) is 10.6. The number of hydrogen-bond acceptors (Lipinski definition) is 8. The second-order valence-corrected chi connectivity index (χ2v) is 17.9. The summed E-state index contributed by atoms with van der Waals surface area (Å²) in [5.74, 6) is 0.110. The minimum Gasteiger partial charge on any atom is -0.489 e. The molecule has 2 N–H and O–H groups in total. The van der Waals surface area contributed by atoms with Crippen LogP contribution in [0.2, 0.25) is 5.02 Å². The van der Waals surface area contributed by atoms with Crippen molar-refractivity contribution < 1.29 is 23.5 Å². The van der Waals surface area contributed by atoms with E-state index in [1.807, 2.05) is 52.1 Å². The van der Waals surface area contributed by atoms with Crippen LogP contribution in [0.4, 0.5) is 20.6 Å². The van der Waals surface area contributed by atoms with Gasteiger partial charge in [-0.25, -0.2) is 9.18 Å². The van der Waals surface area contributed by atoms with E-state index in [4.69, 9.17) is 21.4 Å². The van der Waals surface area contributed by atoms with Crippen LogP contribution in [0.25, 0.3) is 10.9 Å². The van der Waals surface area contributed by atoms with Crippen LogP contribution in [-0.4, -0.2) is 83.9 Å². The van der Waals surface area contributed by atoms with Gasteiger partial charge in [-0.15, -0.1) is 0 Å². The van der Waals surface area contributed by atoms with Gasteiger partial charge in [-0.3, -0.25) is 24.5 Å². The van der Waals surface area contributed by atoms with Crippen molar-refractivity contribution in [2.24, 2.45) is 16.7 Å². The van der Waals surface area contributed by atoms with Crippen LogP contribution in [0.5, 0.6) is 5.75 Å². The number of anilines is 2. The molecule has 8 rings (SSSR count). The molecule has 4 amide bonds. The first-order chi connectivity index (χ1) is 27.7. The lowest BCUT2D eigenvalue weighted by atomic mass is 9.49. The number of nitriles is 1. The standard InChI is InChI=1S/C44H50ClFN8O4/c1-43(2)40(44(3,4)41(43)58-31-10-8-29(24-47)33(45)23-31)50-39(56)28-9-11-37(34(46)22-28)52-19-12-27(13-20-52)26-51-17-14-30(15-18-51)54-36-7-5-6-35(32(36)25-48-54)53-21-16-38(55)49-42(53)57/h5-11,22-23,25,27,30,40-41H,12-21,26H2,1-4H3,(H,50,56)(H,49,55,57). The number of amides is 4. The number of ether oxygens (including phenoxy) is 1. The Bertz CT molecular complexity index is 2270. The highest BCUT2D eigenvalue weighted by molar-refractivity contribution is 6.31. The third-order valence-electron chi connectivity index (χ3n) is 13.0. The molecule has 0 atom stereocenters. The van der Waals surface area contributed by atoms with Crippen molar-refractivity contribution in [1.82, 2.24) is 25.3 Å². The second kappa shape index (κ2) is 15.5. The molecule has 0 unspecified atom stereocenters. The Morgan fingerprint density at radius 2 is 1.72 bits per heavy atom. The molecule has 0 radical (unpaired) electrons. The lowest BCUT2D eigenvalue weighted by Gasteiger charge is -2.63. The summed E-state index contributed by atoms with van der Waals surface area (Å²) in [6.07, 6.45) is 5.74. The van der Waals surface area contributed by atoms with E-state index >= 15 is 4.39 Å². The maximum Gasteiger partial charge on any atom is 0.328 e. The molecular weight excluding hydrogens is 759 g/mol. The monoisotopic (exact) mass is 808 g/mol. The van der Waals surface area contributed by atoms with E-state index in [0.29, 0.717) is 34.5 Å². The van der Waals surface area contributed by atoms with Gasteiger partial charge in [-0.2, -0.15) is 10.4 Å². The number of halogens is 2. The molecule has 0 bridgehead atoms. The number of urea groups is 1. The number of benzene rings is 3. The molecule has 3 saturated heterocycles. The van der Waals surface area contributed by atoms with Crippen LogP contribution in [0.3, 0.4) is 0 Å². The van der Waals surface area contributed by atoms with Gasteiger partial charge in [-0.05, 0) is 74.1 Å². The number of likely N-dealkylation sites (tertiary alicyclic amines) is 1. The van der Waals surface area contributed by atoms with E-state index in [1.165, 1.54) is 6.07 Å². The van der Waals surface area contributed by atoms with Gasteiger partial charge < -0.3 is 19.9 Å². The molecule has 3 aromatic carbocycles. The fraction of sp³-hybridized carbons (Fsp3) is 0.477. The number of nitrogens with zero attached hydrogens (tertiary/aromatic N) is 6. The second-order valence-electron chi connectivity index (χ2n) is 17.5. The molecule has 4 fully saturated rings. The molecule has 4 aromatic rings. The Morgan fingerprint density at radius 3 is 2.40 bits per heavy atom. The fourth-order valence-electron chi connectivity index (χ4n) is 10.2. The largest absolute Gasteiger partial charge is 0.489 e. The Hall–Kier alpha value is -5.19. The van der Waals surface area contributed by atoms with E-state index in [1.54, 1.807) is 35.2 Å². The van der Waals surface area contributed by atoms with Crippen molar-refractivity contribution in [3.8, 4) is 11.8 Å². The highest BCUT2D eigenvalue weighted by atomic mass is 35.5. The molecule has 4 heterocycles. The first-order valence-corrected chi connectivity index (χ1v) is 20.6. The number of imide groups is 1. The molecule has 304 valence electrons. The van der Waals surface area contributed by atoms with Gasteiger partial charge >= 0.3 is 6.03 Å². The van der Waals surface area contributed by atoms with E-state index in [9.17, 15) is 19.6 Å². The first-order valence-electron chi connectivity index (χ1n) is 20.3. The summed E-state index contributed by atoms with van der Waals surface area (Å²) in [4.78, 5) is 44.0. The molecule has 14 heteroatoms. The average molecular weight is 809 g/mol. The van der Waals surface area contributed by atoms with E-state index < -0.39 is 22.7 Å². The minimum atomic E-state index is -0.434. The summed E-state index contributed by atoms with van der Waals surface area (Å²) in [5.41, 5.74) is 2.08. The lowest BCUT2D eigenvalue weighted by Crippen LogP contribution is -2.74. The van der Waals surface area contributed by atoms with Crippen LogP contribution >= 0.6 is 11.6 Å². The van der Waals surface area contributed by atoms with E-state index in [0.717, 1.165) is 75.0 Å². The molecule has 0 spiro atoms. The van der Waals surface area contributed by atoms with E-state index in [-0.39, 0.29) is 42.0 Å². The summed E-state index contributed by atoms with van der Waals surface area (Å²) in [6, 6.07) is 17.4. The van der Waals surface area contributed by atoms with Crippen LogP contribution in [0, 0.1) is 33.9 Å². The topological polar surface area (TPSA) is 136 Å². The van der Waals surface area contributed by atoms with Crippen LogP contribution < -0.4 is 25.2 Å². The number of rotatable bonds is 9. The van der Waals surface area contributed by atoms with Crippen LogP contribution in [0.1, 0.15) is 81.8 Å². The number of fused-ring (bicyclic) bond motifs is 1. The van der Waals surface area contributed by atoms with Gasteiger partial charge in [0.15, 0.2) is 0 Å². The van der Waals surface area contributed by atoms with Crippen molar-refractivity contribution in [2.75, 3.05) is 49.1 Å². The smallest absolute Gasteiger partial charge is 0.328 e. The number of piperidine rings is 2.